The van der Waals surface area contributed by atoms with Crippen LogP contribution in [-0.2, 0) is 6.54 Å². The van der Waals surface area contributed by atoms with Crippen molar-refractivity contribution in [2.75, 3.05) is 37.6 Å². The van der Waals surface area contributed by atoms with Gasteiger partial charge in [-0.25, -0.2) is 9.97 Å². The Balaban J connectivity index is 1.29. The highest BCUT2D eigenvalue weighted by Gasteiger charge is 2.37. The Morgan fingerprint density at radius 3 is 2.93 bits per heavy atom. The number of hydrogen-bond donors (Lipinski definition) is 2. The van der Waals surface area contributed by atoms with Crippen LogP contribution in [0.25, 0.3) is 0 Å². The average Bonchev–Trinajstić information content (AvgIpc) is 3.50. The molecule has 0 radical (unpaired) electrons. The highest BCUT2D eigenvalue weighted by atomic mass is 32.1. The Morgan fingerprint density at radius 2 is 2.07 bits per heavy atom. The zero-order valence-corrected chi connectivity index (χ0v) is 17.2. The normalized spacial score (nSPS) is 28.9. The molecule has 3 unspecified atom stereocenters. The summed E-state index contributed by atoms with van der Waals surface area (Å²) >= 11 is 1.87. The van der Waals surface area contributed by atoms with E-state index in [-0.39, 0.29) is 0 Å². The van der Waals surface area contributed by atoms with E-state index in [4.69, 9.17) is 4.98 Å². The quantitative estimate of drug-likeness (QED) is 0.808. The van der Waals surface area contributed by atoms with E-state index in [0.29, 0.717) is 17.9 Å². The van der Waals surface area contributed by atoms with Crippen molar-refractivity contribution in [3.63, 3.8) is 0 Å². The molecule has 5 rings (SSSR count). The van der Waals surface area contributed by atoms with Gasteiger partial charge in [-0.05, 0) is 55.7 Å². The van der Waals surface area contributed by atoms with Crippen molar-refractivity contribution in [3.8, 4) is 0 Å². The molecule has 2 aromatic heterocycles. The molecule has 3 aliphatic heterocycles. The monoisotopic (exact) mass is 398 g/mol. The van der Waals surface area contributed by atoms with Gasteiger partial charge in [-0.2, -0.15) is 0 Å². The molecule has 0 amide bonds. The predicted molar refractivity (Wildman–Crippen MR) is 113 cm³/mol. The number of aromatic nitrogens is 2. The minimum atomic E-state index is 0.413. The summed E-state index contributed by atoms with van der Waals surface area (Å²) in [5.74, 6) is 1.98. The lowest BCUT2D eigenvalue weighted by Crippen LogP contribution is -2.46. The first-order valence-electron chi connectivity index (χ1n) is 10.7. The molecule has 6 nitrogen and oxygen atoms in total. The fraction of sp³-hybridized carbons (Fsp3) is 0.619. The maximum absolute atomic E-state index is 4.98. The minimum absolute atomic E-state index is 0.413. The molecular weight excluding hydrogens is 368 g/mol. The van der Waals surface area contributed by atoms with E-state index in [2.05, 4.69) is 49.2 Å². The molecule has 3 fully saturated rings. The number of likely N-dealkylation sites (tertiary alicyclic amines) is 1. The number of hydrazine groups is 1. The van der Waals surface area contributed by atoms with E-state index >= 15 is 0 Å². The van der Waals surface area contributed by atoms with Gasteiger partial charge in [0.1, 0.15) is 0 Å². The van der Waals surface area contributed by atoms with Crippen molar-refractivity contribution >= 4 is 17.3 Å². The summed E-state index contributed by atoms with van der Waals surface area (Å²) in [6, 6.07) is 6.98. The van der Waals surface area contributed by atoms with Crippen molar-refractivity contribution in [1.29, 1.82) is 0 Å². The van der Waals surface area contributed by atoms with Crippen molar-refractivity contribution in [1.82, 2.24) is 25.7 Å². The third-order valence-electron chi connectivity index (χ3n) is 6.47. The molecule has 0 aromatic carbocycles. The SMILES string of the molecule is c1csc(CN2CCCC(C3NNCC3c3ccnc(N4CCCC4)n3)C2)c1. The van der Waals surface area contributed by atoms with Gasteiger partial charge in [0.05, 0.1) is 5.69 Å². The first-order valence-corrected chi connectivity index (χ1v) is 11.6. The van der Waals surface area contributed by atoms with Crippen molar-refractivity contribution in [2.45, 2.75) is 44.2 Å². The van der Waals surface area contributed by atoms with Crippen LogP contribution in [0.4, 0.5) is 5.95 Å². The van der Waals surface area contributed by atoms with E-state index in [1.165, 1.54) is 42.8 Å². The van der Waals surface area contributed by atoms with Crippen LogP contribution in [0, 0.1) is 5.92 Å². The molecule has 2 aromatic rings. The summed E-state index contributed by atoms with van der Waals surface area (Å²) in [6.45, 7) is 6.60. The Bertz CT molecular complexity index is 760. The first kappa shape index (κ1) is 18.5. The lowest BCUT2D eigenvalue weighted by atomic mass is 9.83. The van der Waals surface area contributed by atoms with Crippen LogP contribution >= 0.6 is 11.3 Å². The van der Waals surface area contributed by atoms with Crippen LogP contribution < -0.4 is 15.8 Å². The Labute approximate surface area is 171 Å². The second-order valence-corrected chi connectivity index (χ2v) is 9.38. The van der Waals surface area contributed by atoms with E-state index in [9.17, 15) is 0 Å². The Morgan fingerprint density at radius 1 is 1.14 bits per heavy atom. The molecule has 5 heterocycles. The second kappa shape index (κ2) is 8.45. The van der Waals surface area contributed by atoms with Gasteiger partial charge in [-0.15, -0.1) is 11.3 Å². The summed E-state index contributed by atoms with van der Waals surface area (Å²) in [5, 5.41) is 2.18. The lowest BCUT2D eigenvalue weighted by Gasteiger charge is -2.37. The largest absolute Gasteiger partial charge is 0.341 e. The molecule has 3 aliphatic rings. The van der Waals surface area contributed by atoms with Gasteiger partial charge < -0.3 is 4.90 Å². The van der Waals surface area contributed by atoms with Gasteiger partial charge in [0.15, 0.2) is 0 Å². The third-order valence-corrected chi connectivity index (χ3v) is 7.33. The molecule has 0 spiro atoms. The van der Waals surface area contributed by atoms with Crippen LogP contribution in [0.5, 0.6) is 0 Å². The van der Waals surface area contributed by atoms with E-state index in [0.717, 1.165) is 38.7 Å². The maximum Gasteiger partial charge on any atom is 0.225 e. The Hall–Kier alpha value is -1.54. The van der Waals surface area contributed by atoms with Crippen molar-refractivity contribution in [3.05, 3.63) is 40.3 Å². The van der Waals surface area contributed by atoms with Crippen LogP contribution in [0.15, 0.2) is 29.8 Å². The highest BCUT2D eigenvalue weighted by Crippen LogP contribution is 2.32. The van der Waals surface area contributed by atoms with Crippen LogP contribution in [-0.4, -0.2) is 53.6 Å². The highest BCUT2D eigenvalue weighted by molar-refractivity contribution is 7.09. The van der Waals surface area contributed by atoms with E-state index < -0.39 is 0 Å². The number of piperidine rings is 1. The molecule has 28 heavy (non-hydrogen) atoms. The van der Waals surface area contributed by atoms with Crippen molar-refractivity contribution in [2.24, 2.45) is 5.92 Å². The van der Waals surface area contributed by atoms with Gasteiger partial charge in [-0.3, -0.25) is 15.8 Å². The van der Waals surface area contributed by atoms with Gasteiger partial charge in [0.25, 0.3) is 0 Å². The molecule has 0 aliphatic carbocycles. The van der Waals surface area contributed by atoms with Gasteiger partial charge in [0, 0.05) is 55.8 Å². The predicted octanol–water partition coefficient (Wildman–Crippen LogP) is 2.61. The lowest BCUT2D eigenvalue weighted by molar-refractivity contribution is 0.140. The summed E-state index contributed by atoms with van der Waals surface area (Å²) < 4.78 is 0. The zero-order valence-electron chi connectivity index (χ0n) is 16.4. The fourth-order valence-corrected chi connectivity index (χ4v) is 5.78. The number of thiophene rings is 1. The molecule has 150 valence electrons. The number of nitrogens with one attached hydrogen (secondary N) is 2. The zero-order chi connectivity index (χ0) is 18.8. The number of nitrogens with zero attached hydrogens (tertiary/aromatic N) is 4. The van der Waals surface area contributed by atoms with Gasteiger partial charge in [0.2, 0.25) is 5.95 Å². The topological polar surface area (TPSA) is 56.3 Å². The smallest absolute Gasteiger partial charge is 0.225 e. The minimum Gasteiger partial charge on any atom is -0.341 e. The summed E-state index contributed by atoms with van der Waals surface area (Å²) in [6.07, 6.45) is 7.04. The summed E-state index contributed by atoms with van der Waals surface area (Å²) in [4.78, 5) is 16.0. The third kappa shape index (κ3) is 3.94. The molecule has 7 heteroatoms. The van der Waals surface area contributed by atoms with E-state index in [1.54, 1.807) is 0 Å². The molecule has 3 saturated heterocycles. The molecule has 0 saturated carbocycles. The molecule has 3 atom stereocenters. The second-order valence-electron chi connectivity index (χ2n) is 8.35. The standard InChI is InChI=1S/C21H30N6S/c1-2-11-27(10-1)21-22-8-7-19(24-21)18-13-23-25-20(18)16-5-3-9-26(14-16)15-17-6-4-12-28-17/h4,6-8,12,16,18,20,23,25H,1-3,5,9-11,13-15H2. The summed E-state index contributed by atoms with van der Waals surface area (Å²) in [5.41, 5.74) is 8.21. The van der Waals surface area contributed by atoms with Gasteiger partial charge in [-0.1, -0.05) is 6.07 Å². The number of anilines is 1. The number of hydrogen-bond acceptors (Lipinski definition) is 7. The van der Waals surface area contributed by atoms with E-state index in [1.807, 2.05) is 17.5 Å². The summed E-state index contributed by atoms with van der Waals surface area (Å²) in [7, 11) is 0. The Kier molecular flexibility index (Phi) is 5.58. The average molecular weight is 399 g/mol. The first-order chi connectivity index (χ1) is 13.9. The van der Waals surface area contributed by atoms with Gasteiger partial charge >= 0.3 is 0 Å². The van der Waals surface area contributed by atoms with Crippen LogP contribution in [0.1, 0.15) is 42.2 Å². The molecular formula is C21H30N6S. The van der Waals surface area contributed by atoms with Crippen LogP contribution in [0.3, 0.4) is 0 Å². The molecule has 2 N–H and O–H groups in total. The fourth-order valence-electron chi connectivity index (χ4n) is 5.04. The maximum atomic E-state index is 4.98. The molecule has 0 bridgehead atoms. The van der Waals surface area contributed by atoms with Crippen molar-refractivity contribution < 1.29 is 0 Å². The van der Waals surface area contributed by atoms with Crippen LogP contribution in [0.2, 0.25) is 0 Å². The number of rotatable bonds is 5.